The standard InChI is InChI=1S/C44H30N2O/c1-27-12-10-13-28(24-27)45-37-20-6-3-15-30(37)32-25-42-36(26-40(32)45)44(34-18-5-9-23-41(34)47-42)33-17-4-8-22-39(33)46-38-21-7-2-14-29(38)31-16-11-19-35(44)43(31)46/h2-26,30,37H,1H3. The summed E-state index contributed by atoms with van der Waals surface area (Å²) in [6.07, 6.45) is 9.10. The molecule has 4 aliphatic rings. The van der Waals surface area contributed by atoms with Gasteiger partial charge in [-0.15, -0.1) is 0 Å². The lowest BCUT2D eigenvalue weighted by Gasteiger charge is -2.45. The van der Waals surface area contributed by atoms with Crippen LogP contribution in [-0.2, 0) is 5.41 Å². The maximum Gasteiger partial charge on any atom is 0.132 e. The Morgan fingerprint density at radius 1 is 0.596 bits per heavy atom. The molecule has 0 N–H and O–H groups in total. The van der Waals surface area contributed by atoms with E-state index in [9.17, 15) is 0 Å². The number of nitrogens with zero attached hydrogens (tertiary/aromatic N) is 2. The summed E-state index contributed by atoms with van der Waals surface area (Å²) in [6.45, 7) is 2.18. The van der Waals surface area contributed by atoms with Crippen molar-refractivity contribution in [2.24, 2.45) is 0 Å². The number of benzene rings is 6. The zero-order chi connectivity index (χ0) is 30.9. The van der Waals surface area contributed by atoms with Gasteiger partial charge in [-0.05, 0) is 71.6 Å². The van der Waals surface area contributed by atoms with E-state index in [1.165, 1.54) is 72.2 Å². The molecule has 0 radical (unpaired) electrons. The summed E-state index contributed by atoms with van der Waals surface area (Å²) < 4.78 is 9.46. The number of hydrogen-bond donors (Lipinski definition) is 0. The van der Waals surface area contributed by atoms with Crippen LogP contribution < -0.4 is 9.64 Å². The molecule has 7 aromatic rings. The van der Waals surface area contributed by atoms with E-state index in [2.05, 4.69) is 168 Å². The number of allylic oxidation sites excluding steroid dienone is 2. The molecule has 0 bridgehead atoms. The van der Waals surface area contributed by atoms with E-state index in [0.29, 0.717) is 0 Å². The Morgan fingerprint density at radius 3 is 2.30 bits per heavy atom. The van der Waals surface area contributed by atoms with E-state index in [1.54, 1.807) is 0 Å². The Morgan fingerprint density at radius 2 is 1.36 bits per heavy atom. The second kappa shape index (κ2) is 8.92. The third kappa shape index (κ3) is 3.07. The van der Waals surface area contributed by atoms with Gasteiger partial charge in [0.15, 0.2) is 0 Å². The molecule has 222 valence electrons. The summed E-state index contributed by atoms with van der Waals surface area (Å²) in [5, 5.41) is 2.56. The zero-order valence-electron chi connectivity index (χ0n) is 25.9. The van der Waals surface area contributed by atoms with E-state index >= 15 is 0 Å². The van der Waals surface area contributed by atoms with Crippen LogP contribution in [0, 0.1) is 6.92 Å². The number of aromatic nitrogens is 1. The molecule has 3 aliphatic heterocycles. The molecule has 1 aliphatic carbocycles. The molecule has 4 heterocycles. The average molecular weight is 603 g/mol. The van der Waals surface area contributed by atoms with E-state index in [-0.39, 0.29) is 12.0 Å². The second-order valence-electron chi connectivity index (χ2n) is 13.3. The molecule has 3 nitrogen and oxygen atoms in total. The number of anilines is 2. The fourth-order valence-electron chi connectivity index (χ4n) is 9.23. The molecule has 1 aromatic heterocycles. The van der Waals surface area contributed by atoms with E-state index in [4.69, 9.17) is 4.74 Å². The van der Waals surface area contributed by atoms with Crippen molar-refractivity contribution < 1.29 is 4.74 Å². The van der Waals surface area contributed by atoms with Gasteiger partial charge in [0.2, 0.25) is 0 Å². The van der Waals surface area contributed by atoms with Crippen molar-refractivity contribution in [3.63, 3.8) is 0 Å². The summed E-state index contributed by atoms with van der Waals surface area (Å²) in [7, 11) is 0. The molecule has 6 aromatic carbocycles. The van der Waals surface area contributed by atoms with E-state index in [1.807, 2.05) is 0 Å². The summed E-state index contributed by atoms with van der Waals surface area (Å²) in [4.78, 5) is 2.55. The lowest BCUT2D eigenvalue weighted by atomic mass is 9.61. The van der Waals surface area contributed by atoms with Crippen molar-refractivity contribution in [1.82, 2.24) is 4.57 Å². The van der Waals surface area contributed by atoms with Crippen LogP contribution in [0.4, 0.5) is 11.4 Å². The zero-order valence-corrected chi connectivity index (χ0v) is 25.9. The second-order valence-corrected chi connectivity index (χ2v) is 13.3. The van der Waals surface area contributed by atoms with Crippen LogP contribution in [0.2, 0.25) is 0 Å². The maximum atomic E-state index is 6.96. The molecule has 3 heteroatoms. The van der Waals surface area contributed by atoms with Gasteiger partial charge >= 0.3 is 0 Å². The quantitative estimate of drug-likeness (QED) is 0.186. The molecule has 0 saturated heterocycles. The fraction of sp³-hybridized carbons (Fsp3) is 0.0909. The first-order chi connectivity index (χ1) is 23.2. The van der Waals surface area contributed by atoms with Gasteiger partial charge in [-0.25, -0.2) is 0 Å². The van der Waals surface area contributed by atoms with Crippen molar-refractivity contribution in [1.29, 1.82) is 0 Å². The number of aryl methyl sites for hydroxylation is 1. The normalized spacial score (nSPS) is 20.9. The minimum Gasteiger partial charge on any atom is -0.457 e. The van der Waals surface area contributed by atoms with Crippen LogP contribution in [-0.4, -0.2) is 10.6 Å². The minimum absolute atomic E-state index is 0.198. The maximum absolute atomic E-state index is 6.96. The summed E-state index contributed by atoms with van der Waals surface area (Å²) >= 11 is 0. The third-order valence-electron chi connectivity index (χ3n) is 11.0. The molecule has 0 saturated carbocycles. The molecule has 1 spiro atoms. The number of hydrogen-bond acceptors (Lipinski definition) is 2. The van der Waals surface area contributed by atoms with Crippen LogP contribution in [0.5, 0.6) is 11.5 Å². The van der Waals surface area contributed by atoms with Crippen molar-refractivity contribution in [3.05, 3.63) is 185 Å². The molecule has 11 rings (SSSR count). The topological polar surface area (TPSA) is 17.4 Å². The predicted molar refractivity (Wildman–Crippen MR) is 191 cm³/mol. The smallest absolute Gasteiger partial charge is 0.132 e. The average Bonchev–Trinajstić information content (AvgIpc) is 3.63. The Kier molecular flexibility index (Phi) is 4.82. The molecular weight excluding hydrogens is 572 g/mol. The van der Waals surface area contributed by atoms with Crippen LogP contribution in [0.1, 0.15) is 39.3 Å². The minimum atomic E-state index is -0.586. The molecular formula is C44H30N2O. The Bertz CT molecular complexity index is 2550. The highest BCUT2D eigenvalue weighted by atomic mass is 16.5. The first-order valence-corrected chi connectivity index (χ1v) is 16.5. The van der Waals surface area contributed by atoms with Gasteiger partial charge in [0.25, 0.3) is 0 Å². The highest BCUT2D eigenvalue weighted by molar-refractivity contribution is 6.12. The molecule has 3 atom stereocenters. The summed E-state index contributed by atoms with van der Waals surface area (Å²) in [6, 6.07) is 47.4. The third-order valence-corrected chi connectivity index (χ3v) is 11.0. The van der Waals surface area contributed by atoms with Gasteiger partial charge in [0.05, 0.1) is 28.2 Å². The van der Waals surface area contributed by atoms with Gasteiger partial charge in [-0.2, -0.15) is 0 Å². The Balaban J connectivity index is 1.31. The number of fused-ring (bicyclic) bond motifs is 14. The molecule has 0 amide bonds. The predicted octanol–water partition coefficient (Wildman–Crippen LogP) is 10.6. The van der Waals surface area contributed by atoms with Crippen LogP contribution in [0.25, 0.3) is 27.5 Å². The van der Waals surface area contributed by atoms with Gasteiger partial charge in [-0.1, -0.05) is 109 Å². The van der Waals surface area contributed by atoms with Crippen molar-refractivity contribution in [2.45, 2.75) is 24.3 Å². The lowest BCUT2D eigenvalue weighted by Crippen LogP contribution is -2.38. The first kappa shape index (κ1) is 25.4. The summed E-state index contributed by atoms with van der Waals surface area (Å²) in [5.41, 5.74) is 13.1. The first-order valence-electron chi connectivity index (χ1n) is 16.5. The van der Waals surface area contributed by atoms with Crippen molar-refractivity contribution >= 4 is 33.2 Å². The Labute approximate surface area is 273 Å². The van der Waals surface area contributed by atoms with Gasteiger partial charge < -0.3 is 14.2 Å². The van der Waals surface area contributed by atoms with Gasteiger partial charge in [-0.3, -0.25) is 0 Å². The van der Waals surface area contributed by atoms with Gasteiger partial charge in [0, 0.05) is 39.2 Å². The Hall–Kier alpha value is -5.80. The summed E-state index contributed by atoms with van der Waals surface area (Å²) in [5.74, 6) is 2.09. The molecule has 47 heavy (non-hydrogen) atoms. The van der Waals surface area contributed by atoms with Crippen LogP contribution >= 0.6 is 0 Å². The van der Waals surface area contributed by atoms with Crippen LogP contribution in [0.15, 0.2) is 152 Å². The highest BCUT2D eigenvalue weighted by Crippen LogP contribution is 2.62. The number of ether oxygens (including phenoxy) is 1. The van der Waals surface area contributed by atoms with E-state index < -0.39 is 5.41 Å². The highest BCUT2D eigenvalue weighted by Gasteiger charge is 2.51. The largest absolute Gasteiger partial charge is 0.457 e. The van der Waals surface area contributed by atoms with E-state index in [0.717, 1.165) is 11.5 Å². The number of rotatable bonds is 1. The molecule has 0 fully saturated rings. The van der Waals surface area contributed by atoms with Gasteiger partial charge in [0.1, 0.15) is 11.5 Å². The monoisotopic (exact) mass is 602 g/mol. The number of para-hydroxylation sites is 4. The van der Waals surface area contributed by atoms with Crippen molar-refractivity contribution in [2.75, 3.05) is 4.90 Å². The van der Waals surface area contributed by atoms with Crippen LogP contribution in [0.3, 0.4) is 0 Å². The van der Waals surface area contributed by atoms with Crippen molar-refractivity contribution in [3.8, 4) is 17.2 Å². The molecule has 3 unspecified atom stereocenters. The lowest BCUT2D eigenvalue weighted by molar-refractivity contribution is 0.433. The fourth-order valence-corrected chi connectivity index (χ4v) is 9.23. The SMILES string of the molecule is Cc1cccc(N2c3cc4c(cc3C3C=CC=CC32)Oc2ccccc2C42c3ccccc3-n3c4ccccc4c4cccc2c43)c1.